The first-order valence-corrected chi connectivity index (χ1v) is 6.68. The quantitative estimate of drug-likeness (QED) is 0.651. The van der Waals surface area contributed by atoms with E-state index in [2.05, 4.69) is 10.6 Å². The van der Waals surface area contributed by atoms with Gasteiger partial charge in [0.1, 0.15) is 5.60 Å². The van der Waals surface area contributed by atoms with Gasteiger partial charge in [0.25, 0.3) is 5.91 Å². The van der Waals surface area contributed by atoms with E-state index < -0.39 is 34.6 Å². The number of hydrogen-bond acceptors (Lipinski definition) is 5. The molecule has 0 spiro atoms. The number of carbonyl (C=O) groups excluding carboxylic acids is 2. The molecule has 0 aromatic heterocycles. The summed E-state index contributed by atoms with van der Waals surface area (Å²) in [6.07, 6.45) is -0.888. The molecule has 0 aliphatic carbocycles. The van der Waals surface area contributed by atoms with Crippen LogP contribution in [0.1, 0.15) is 26.3 Å². The molecular weight excluding hydrogens is 290 g/mol. The Kier molecular flexibility index (Phi) is 3.78. The van der Waals surface area contributed by atoms with Gasteiger partial charge in [-0.2, -0.15) is 0 Å². The fraction of sp³-hybridized carbons (Fsp3) is 0.429. The Morgan fingerprint density at radius 3 is 2.64 bits per heavy atom. The fourth-order valence-electron chi connectivity index (χ4n) is 2.31. The second-order valence-corrected chi connectivity index (χ2v) is 6.02. The maximum absolute atomic E-state index is 12.3. The Balaban J connectivity index is 2.40. The summed E-state index contributed by atoms with van der Waals surface area (Å²) in [4.78, 5) is 34.7. The van der Waals surface area contributed by atoms with Crippen LogP contribution in [-0.2, 0) is 15.1 Å². The lowest BCUT2D eigenvalue weighted by atomic mass is 9.91. The molecule has 1 aliphatic rings. The van der Waals surface area contributed by atoms with Crippen LogP contribution < -0.4 is 10.6 Å². The van der Waals surface area contributed by atoms with E-state index in [1.165, 1.54) is 0 Å². The number of hydrogen-bond donors (Lipinski definition) is 2. The zero-order chi connectivity index (χ0) is 16.5. The summed E-state index contributed by atoms with van der Waals surface area (Å²) in [7, 11) is 0. The normalized spacial score (nSPS) is 20.0. The SMILES string of the molecule is CC(C)(C)OC(=O)NC1(C[N+](=O)[O-])C(=O)Nc2ccccc21. The van der Waals surface area contributed by atoms with Crippen LogP contribution in [0.15, 0.2) is 24.3 Å². The first-order chi connectivity index (χ1) is 10.1. The van der Waals surface area contributed by atoms with Crippen molar-refractivity contribution in [3.05, 3.63) is 39.9 Å². The average molecular weight is 307 g/mol. The molecule has 0 radical (unpaired) electrons. The lowest BCUT2D eigenvalue weighted by molar-refractivity contribution is -0.488. The maximum Gasteiger partial charge on any atom is 0.408 e. The van der Waals surface area contributed by atoms with E-state index in [9.17, 15) is 19.7 Å². The summed E-state index contributed by atoms with van der Waals surface area (Å²) in [5.74, 6) is -0.656. The first kappa shape index (κ1) is 15.7. The number of alkyl carbamates (subject to hydrolysis) is 1. The highest BCUT2D eigenvalue weighted by molar-refractivity contribution is 6.07. The van der Waals surface area contributed by atoms with Crippen LogP contribution in [0.25, 0.3) is 0 Å². The average Bonchev–Trinajstić information content (AvgIpc) is 2.59. The summed E-state index contributed by atoms with van der Waals surface area (Å²) in [5.41, 5.74) is -1.77. The van der Waals surface area contributed by atoms with Gasteiger partial charge in [-0.1, -0.05) is 18.2 Å². The zero-order valence-corrected chi connectivity index (χ0v) is 12.5. The van der Waals surface area contributed by atoms with E-state index in [0.29, 0.717) is 11.3 Å². The van der Waals surface area contributed by atoms with Gasteiger partial charge < -0.3 is 10.1 Å². The van der Waals surface area contributed by atoms with E-state index in [-0.39, 0.29) is 0 Å². The van der Waals surface area contributed by atoms with Crippen molar-refractivity contribution in [1.82, 2.24) is 5.32 Å². The van der Waals surface area contributed by atoms with E-state index in [1.54, 1.807) is 45.0 Å². The monoisotopic (exact) mass is 307 g/mol. The van der Waals surface area contributed by atoms with E-state index in [4.69, 9.17) is 4.74 Å². The van der Waals surface area contributed by atoms with Gasteiger partial charge in [0.05, 0.1) is 0 Å². The van der Waals surface area contributed by atoms with Gasteiger partial charge in [-0.15, -0.1) is 0 Å². The molecule has 1 aromatic rings. The molecule has 2 amide bonds. The van der Waals surface area contributed by atoms with E-state index in [1.807, 2.05) is 0 Å². The molecule has 22 heavy (non-hydrogen) atoms. The van der Waals surface area contributed by atoms with Gasteiger partial charge >= 0.3 is 6.09 Å². The predicted molar refractivity (Wildman–Crippen MR) is 78.0 cm³/mol. The summed E-state index contributed by atoms with van der Waals surface area (Å²) in [6, 6.07) is 6.51. The Morgan fingerprint density at radius 2 is 2.05 bits per heavy atom. The molecule has 1 aromatic carbocycles. The second kappa shape index (κ2) is 5.28. The molecule has 0 saturated carbocycles. The number of amides is 2. The topological polar surface area (TPSA) is 111 Å². The lowest BCUT2D eigenvalue weighted by Crippen LogP contribution is -2.56. The number of fused-ring (bicyclic) bond motifs is 1. The van der Waals surface area contributed by atoms with E-state index >= 15 is 0 Å². The molecular formula is C14H17N3O5. The van der Waals surface area contributed by atoms with Crippen molar-refractivity contribution in [2.24, 2.45) is 0 Å². The Bertz CT molecular complexity index is 638. The molecule has 0 bridgehead atoms. The van der Waals surface area contributed by atoms with Crippen molar-refractivity contribution in [2.75, 3.05) is 11.9 Å². The molecule has 0 fully saturated rings. The Hall–Kier alpha value is -2.64. The van der Waals surface area contributed by atoms with Gasteiger partial charge in [-0.25, -0.2) is 4.79 Å². The summed E-state index contributed by atoms with van der Waals surface area (Å²) in [5, 5.41) is 15.9. The van der Waals surface area contributed by atoms with Gasteiger partial charge in [-0.3, -0.25) is 20.2 Å². The molecule has 8 nitrogen and oxygen atoms in total. The van der Waals surface area contributed by atoms with Gasteiger partial charge in [0, 0.05) is 16.2 Å². The summed E-state index contributed by atoms with van der Waals surface area (Å²) >= 11 is 0. The van der Waals surface area contributed by atoms with Gasteiger partial charge in [-0.05, 0) is 26.8 Å². The van der Waals surface area contributed by atoms with Gasteiger partial charge in [0.2, 0.25) is 12.1 Å². The van der Waals surface area contributed by atoms with Crippen LogP contribution >= 0.6 is 0 Å². The van der Waals surface area contributed by atoms with Crippen molar-refractivity contribution in [2.45, 2.75) is 31.9 Å². The third kappa shape index (κ3) is 3.00. The Labute approximate surface area is 127 Å². The number of benzene rings is 1. The fourth-order valence-corrected chi connectivity index (χ4v) is 2.31. The molecule has 1 unspecified atom stereocenters. The largest absolute Gasteiger partial charge is 0.444 e. The smallest absolute Gasteiger partial charge is 0.408 e. The number of ether oxygens (including phenoxy) is 1. The standard InChI is InChI=1S/C14H17N3O5/c1-13(2,3)22-12(19)16-14(8-17(20)21)9-6-4-5-7-10(9)15-11(14)18/h4-7H,8H2,1-3H3,(H,15,18)(H,16,19). The number of nitro groups is 1. The summed E-state index contributed by atoms with van der Waals surface area (Å²) in [6.45, 7) is 4.22. The number of para-hydroxylation sites is 1. The maximum atomic E-state index is 12.3. The van der Waals surface area contributed by atoms with Crippen LogP contribution in [0.3, 0.4) is 0 Å². The number of rotatable bonds is 3. The highest BCUT2D eigenvalue weighted by Gasteiger charge is 2.53. The Morgan fingerprint density at radius 1 is 1.41 bits per heavy atom. The van der Waals surface area contributed by atoms with E-state index in [0.717, 1.165) is 0 Å². The zero-order valence-electron chi connectivity index (χ0n) is 12.5. The van der Waals surface area contributed by atoms with Crippen molar-refractivity contribution >= 4 is 17.7 Å². The third-order valence-electron chi connectivity index (χ3n) is 3.10. The number of carbonyl (C=O) groups is 2. The van der Waals surface area contributed by atoms with Crippen molar-refractivity contribution in [3.8, 4) is 0 Å². The number of nitrogens with zero attached hydrogens (tertiary/aromatic N) is 1. The first-order valence-electron chi connectivity index (χ1n) is 6.68. The molecule has 2 N–H and O–H groups in total. The van der Waals surface area contributed by atoms with Crippen LogP contribution in [0.4, 0.5) is 10.5 Å². The molecule has 1 aliphatic heterocycles. The molecule has 118 valence electrons. The van der Waals surface area contributed by atoms with Crippen LogP contribution in [0.5, 0.6) is 0 Å². The van der Waals surface area contributed by atoms with Gasteiger partial charge in [0.15, 0.2) is 0 Å². The molecule has 2 rings (SSSR count). The minimum Gasteiger partial charge on any atom is -0.444 e. The van der Waals surface area contributed by atoms with Crippen LogP contribution in [0, 0.1) is 10.1 Å². The molecule has 0 saturated heterocycles. The highest BCUT2D eigenvalue weighted by atomic mass is 16.6. The van der Waals surface area contributed by atoms with Crippen LogP contribution in [-0.4, -0.2) is 29.1 Å². The molecule has 8 heteroatoms. The summed E-state index contributed by atoms with van der Waals surface area (Å²) < 4.78 is 5.12. The third-order valence-corrected chi connectivity index (χ3v) is 3.10. The number of nitrogens with one attached hydrogen (secondary N) is 2. The highest BCUT2D eigenvalue weighted by Crippen LogP contribution is 2.36. The lowest BCUT2D eigenvalue weighted by Gasteiger charge is -2.27. The van der Waals surface area contributed by atoms with Crippen molar-refractivity contribution in [1.29, 1.82) is 0 Å². The van der Waals surface area contributed by atoms with Crippen molar-refractivity contribution in [3.63, 3.8) is 0 Å². The minimum absolute atomic E-state index is 0.350. The second-order valence-electron chi connectivity index (χ2n) is 6.02. The predicted octanol–water partition coefficient (Wildman–Crippen LogP) is 1.64. The van der Waals surface area contributed by atoms with Crippen molar-refractivity contribution < 1.29 is 19.2 Å². The molecule has 1 atom stereocenters. The van der Waals surface area contributed by atoms with Crippen LogP contribution in [0.2, 0.25) is 0 Å². The molecule has 1 heterocycles. The minimum atomic E-state index is -1.78. The number of anilines is 1.